The van der Waals surface area contributed by atoms with Crippen molar-refractivity contribution < 1.29 is 45.1 Å². The van der Waals surface area contributed by atoms with Crippen LogP contribution in [0.4, 0.5) is 0 Å². The Morgan fingerprint density at radius 1 is 0.472 bits per heavy atom. The van der Waals surface area contributed by atoms with Crippen LogP contribution in [-0.2, 0) is 27.5 Å². The molecule has 0 saturated carbocycles. The summed E-state index contributed by atoms with van der Waals surface area (Å²) in [6, 6.07) is 24.3. The van der Waals surface area contributed by atoms with E-state index in [0.29, 0.717) is 0 Å². The van der Waals surface area contributed by atoms with Crippen molar-refractivity contribution in [1.82, 2.24) is 19.9 Å². The number of fused-ring (bicyclic) bond motifs is 6. The van der Waals surface area contributed by atoms with Gasteiger partial charge in [0.2, 0.25) is 0 Å². The molecule has 6 aromatic rings. The molecule has 0 saturated heterocycles. The van der Waals surface area contributed by atoms with Gasteiger partial charge in [0.05, 0.1) is 22.1 Å². The molecule has 0 fully saturated rings. The van der Waals surface area contributed by atoms with Gasteiger partial charge in [-0.2, -0.15) is 8.42 Å². The van der Waals surface area contributed by atoms with Gasteiger partial charge in [0, 0.05) is 63.4 Å². The second-order valence-corrected chi connectivity index (χ2v) is 7.78. The normalized spacial score (nSPS) is 10.2. The predicted molar refractivity (Wildman–Crippen MR) is 134 cm³/mol. The van der Waals surface area contributed by atoms with E-state index >= 15 is 0 Å². The van der Waals surface area contributed by atoms with E-state index in [1.54, 1.807) is 24.8 Å². The molecule has 10 nitrogen and oxygen atoms in total. The fraction of sp³-hybridized carbons (Fsp3) is 0. The number of pyridine rings is 4. The van der Waals surface area contributed by atoms with Crippen molar-refractivity contribution in [2.45, 2.75) is 0 Å². The van der Waals surface area contributed by atoms with Crippen LogP contribution in [0.5, 0.6) is 0 Å². The zero-order chi connectivity index (χ0) is 25.3. The van der Waals surface area contributed by atoms with Gasteiger partial charge in [0.25, 0.3) is 0 Å². The van der Waals surface area contributed by atoms with Gasteiger partial charge in [0.15, 0.2) is 0 Å². The molecule has 2 aromatic carbocycles. The van der Waals surface area contributed by atoms with Gasteiger partial charge in [0.1, 0.15) is 0 Å². The molecule has 0 aliphatic heterocycles. The van der Waals surface area contributed by atoms with Crippen LogP contribution < -0.4 is 0 Å². The third-order valence-corrected chi connectivity index (χ3v) is 4.69. The smallest absolute Gasteiger partial charge is 0.264 e. The molecule has 4 N–H and O–H groups in total. The molecule has 36 heavy (non-hydrogen) atoms. The molecule has 0 bridgehead atoms. The largest absolute Gasteiger partial charge is 0.394 e. The van der Waals surface area contributed by atoms with Crippen LogP contribution in [0.25, 0.3) is 43.6 Å². The molecule has 0 unspecified atom stereocenters. The van der Waals surface area contributed by atoms with E-state index in [1.807, 2.05) is 24.3 Å². The number of hydrogen-bond donors (Lipinski definition) is 4. The first-order chi connectivity index (χ1) is 16.9. The summed E-state index contributed by atoms with van der Waals surface area (Å²) in [5.74, 6) is 0. The molecule has 0 spiro atoms. The maximum atomic E-state index is 8.74. The first-order valence-electron chi connectivity index (χ1n) is 9.97. The minimum atomic E-state index is -4.67. The third kappa shape index (κ3) is 7.70. The summed E-state index contributed by atoms with van der Waals surface area (Å²) in [7, 11) is -4.67. The maximum absolute atomic E-state index is 8.74. The van der Waals surface area contributed by atoms with Crippen molar-refractivity contribution in [3.63, 3.8) is 0 Å². The van der Waals surface area contributed by atoms with Crippen LogP contribution >= 0.6 is 0 Å². The van der Waals surface area contributed by atoms with Crippen molar-refractivity contribution in [3.8, 4) is 0 Å². The van der Waals surface area contributed by atoms with E-state index < -0.39 is 10.4 Å². The molecule has 12 heteroatoms. The molecule has 0 atom stereocenters. The average molecular weight is 556 g/mol. The van der Waals surface area contributed by atoms with Crippen LogP contribution in [0.15, 0.2) is 97.6 Å². The average Bonchev–Trinajstić information content (AvgIpc) is 2.89. The molecule has 1 radical (unpaired) electrons. The van der Waals surface area contributed by atoms with Crippen molar-refractivity contribution in [2.24, 2.45) is 0 Å². The minimum absolute atomic E-state index is 0. The molecular formula is C24H20CuN4O6S. The van der Waals surface area contributed by atoms with Crippen molar-refractivity contribution >= 4 is 54.0 Å². The Morgan fingerprint density at radius 2 is 0.667 bits per heavy atom. The number of aromatic nitrogens is 4. The summed E-state index contributed by atoms with van der Waals surface area (Å²) in [6.07, 6.45) is 7.21. The van der Waals surface area contributed by atoms with Crippen LogP contribution in [0.3, 0.4) is 0 Å². The predicted octanol–water partition coefficient (Wildman–Crippen LogP) is 4.93. The van der Waals surface area contributed by atoms with Crippen LogP contribution in [0, 0.1) is 0 Å². The molecule has 4 aromatic heterocycles. The van der Waals surface area contributed by atoms with Crippen LogP contribution in [-0.4, -0.2) is 48.0 Å². The Kier molecular flexibility index (Phi) is 10.7. The third-order valence-electron chi connectivity index (χ3n) is 4.69. The van der Waals surface area contributed by atoms with Crippen LogP contribution in [0.1, 0.15) is 0 Å². The number of hydrogen-bond acceptors (Lipinski definition) is 8. The molecular weight excluding hydrogens is 536 g/mol. The summed E-state index contributed by atoms with van der Waals surface area (Å²) >= 11 is 0. The molecule has 0 aliphatic rings. The maximum Gasteiger partial charge on any atom is 0.394 e. The van der Waals surface area contributed by atoms with E-state index in [1.165, 1.54) is 0 Å². The first kappa shape index (κ1) is 28.6. The molecule has 0 aliphatic carbocycles. The van der Waals surface area contributed by atoms with Gasteiger partial charge in [-0.1, -0.05) is 48.5 Å². The summed E-state index contributed by atoms with van der Waals surface area (Å²) < 4.78 is 31.6. The zero-order valence-electron chi connectivity index (χ0n) is 18.3. The standard InChI is InChI=1S/2C12H8N2.Cu.H2O4S.H2O2/c2*1-3-9-5-6-10-4-2-8-14-12(10)11(9)13-7-1;;1-5(2,3)4;1-2/h2*1-8H;;(H2,1,2,3,4);1-2H. The fourth-order valence-corrected chi connectivity index (χ4v) is 3.36. The van der Waals surface area contributed by atoms with Crippen molar-refractivity contribution in [1.29, 1.82) is 0 Å². The Morgan fingerprint density at radius 3 is 0.861 bits per heavy atom. The minimum Gasteiger partial charge on any atom is -0.264 e. The molecule has 4 heterocycles. The van der Waals surface area contributed by atoms with Crippen LogP contribution in [0.2, 0.25) is 0 Å². The Labute approximate surface area is 216 Å². The molecule has 6 rings (SSSR count). The Balaban J connectivity index is 0.000000199. The Hall–Kier alpha value is -3.61. The van der Waals surface area contributed by atoms with Gasteiger partial charge in [-0.05, 0) is 24.3 Å². The van der Waals surface area contributed by atoms with E-state index in [4.69, 9.17) is 28.0 Å². The Bertz CT molecular complexity index is 1460. The SMILES string of the molecule is O=S(=O)(O)O.OO.[Cu].c1cnc2c(c1)ccc1cccnc12.c1cnc2c(c1)ccc1cccnc12. The van der Waals surface area contributed by atoms with E-state index in [-0.39, 0.29) is 17.1 Å². The zero-order valence-corrected chi connectivity index (χ0v) is 20.1. The van der Waals surface area contributed by atoms with Gasteiger partial charge in [-0.15, -0.1) is 0 Å². The number of nitrogens with zero attached hydrogens (tertiary/aromatic N) is 4. The van der Waals surface area contributed by atoms with E-state index in [0.717, 1.165) is 43.6 Å². The first-order valence-corrected chi connectivity index (χ1v) is 11.4. The van der Waals surface area contributed by atoms with E-state index in [9.17, 15) is 0 Å². The van der Waals surface area contributed by atoms with E-state index in [2.05, 4.69) is 68.5 Å². The summed E-state index contributed by atoms with van der Waals surface area (Å²) in [5, 5.41) is 16.6. The van der Waals surface area contributed by atoms with Gasteiger partial charge in [-0.25, -0.2) is 0 Å². The summed E-state index contributed by atoms with van der Waals surface area (Å²) in [5.41, 5.74) is 3.91. The monoisotopic (exact) mass is 555 g/mol. The second-order valence-electron chi connectivity index (χ2n) is 6.88. The van der Waals surface area contributed by atoms with Gasteiger partial charge < -0.3 is 0 Å². The number of rotatable bonds is 0. The summed E-state index contributed by atoms with van der Waals surface area (Å²) in [4.78, 5) is 17.4. The fourth-order valence-electron chi connectivity index (χ4n) is 3.36. The quantitative estimate of drug-likeness (QED) is 0.0663. The van der Waals surface area contributed by atoms with Gasteiger partial charge >= 0.3 is 10.4 Å². The molecule has 189 valence electrons. The van der Waals surface area contributed by atoms with Crippen molar-refractivity contribution in [2.75, 3.05) is 0 Å². The topological polar surface area (TPSA) is 167 Å². The second kappa shape index (κ2) is 13.5. The van der Waals surface area contributed by atoms with Gasteiger partial charge in [-0.3, -0.25) is 39.6 Å². The van der Waals surface area contributed by atoms with Crippen molar-refractivity contribution in [3.05, 3.63) is 97.6 Å². The number of benzene rings is 2. The summed E-state index contributed by atoms with van der Waals surface area (Å²) in [6.45, 7) is 0. The molecule has 0 amide bonds.